The monoisotopic (exact) mass is 706 g/mol. The Morgan fingerprint density at radius 2 is 1.62 bits per heavy atom. The zero-order valence-corrected chi connectivity index (χ0v) is 25.9. The van der Waals surface area contributed by atoms with E-state index in [2.05, 4.69) is 42.2 Å². The molecule has 0 aromatic carbocycles. The van der Waals surface area contributed by atoms with E-state index in [0.29, 0.717) is 0 Å². The smallest absolute Gasteiger partial charge is 0.386 e. The molecule has 3 saturated heterocycles. The van der Waals surface area contributed by atoms with Crippen LogP contribution in [-0.2, 0) is 43.9 Å². The highest BCUT2D eigenvalue weighted by atomic mass is 32.7. The number of fused-ring (bicyclic) bond motifs is 5. The van der Waals surface area contributed by atoms with E-state index >= 15 is 0 Å². The molecule has 3 aliphatic rings. The summed E-state index contributed by atoms with van der Waals surface area (Å²) in [5.41, 5.74) is 11.3. The molecule has 21 nitrogen and oxygen atoms in total. The number of nitrogens with one attached hydrogen (secondary N) is 1. The van der Waals surface area contributed by atoms with E-state index in [0.717, 1.165) is 0 Å². The van der Waals surface area contributed by atoms with Crippen molar-refractivity contribution in [3.05, 3.63) is 29.3 Å². The first-order valence-corrected chi connectivity index (χ1v) is 18.2. The highest BCUT2D eigenvalue weighted by molar-refractivity contribution is 8.44. The third-order valence-corrected chi connectivity index (χ3v) is 10.5. The maximum atomic E-state index is 13.4. The summed E-state index contributed by atoms with van der Waals surface area (Å²) in [6.45, 7) is -9.66. The number of aromatic amines is 1. The minimum absolute atomic E-state index is 0.0243. The zero-order chi connectivity index (χ0) is 31.8. The molecule has 4 aromatic rings. The molecule has 8 N–H and O–H groups in total. The van der Waals surface area contributed by atoms with Crippen molar-refractivity contribution in [2.45, 2.75) is 49.1 Å². The second-order valence-corrected chi connectivity index (χ2v) is 15.8. The molecule has 25 heteroatoms. The first kappa shape index (κ1) is 31.0. The van der Waals surface area contributed by atoms with Crippen LogP contribution in [0.15, 0.2) is 23.8 Å². The fourth-order valence-electron chi connectivity index (χ4n) is 5.30. The van der Waals surface area contributed by atoms with Crippen molar-refractivity contribution in [1.82, 2.24) is 39.0 Å². The van der Waals surface area contributed by atoms with Gasteiger partial charge >= 0.3 is 13.5 Å². The molecule has 7 rings (SSSR count). The Bertz CT molecular complexity index is 1940. The molecule has 0 radical (unpaired) electrons. The van der Waals surface area contributed by atoms with Gasteiger partial charge < -0.3 is 40.6 Å². The van der Waals surface area contributed by atoms with E-state index in [9.17, 15) is 24.5 Å². The molecule has 2 bridgehead atoms. The van der Waals surface area contributed by atoms with Crippen LogP contribution in [0.2, 0.25) is 0 Å². The largest absolute Gasteiger partial charge is 0.387 e. The van der Waals surface area contributed by atoms with Crippen molar-refractivity contribution >= 4 is 71.7 Å². The fourth-order valence-corrected chi connectivity index (χ4v) is 8.20. The lowest BCUT2D eigenvalue weighted by atomic mass is 10.1. The Morgan fingerprint density at radius 3 is 2.40 bits per heavy atom. The van der Waals surface area contributed by atoms with Gasteiger partial charge in [0.15, 0.2) is 35.1 Å². The van der Waals surface area contributed by atoms with Crippen molar-refractivity contribution < 1.29 is 47.2 Å². The van der Waals surface area contributed by atoms with Crippen LogP contribution < -0.4 is 17.0 Å². The van der Waals surface area contributed by atoms with Gasteiger partial charge in [-0.2, -0.15) is 4.98 Å². The standard InChI is InChI=1S/C20H24N10O11P2S2/c21-14-8-15(24-3-23-14)29(4-25-8)19-13-10(31)6(38-19)1-36-42(34,44)40-12-7(2-37-43(35,45)41-13)39-18(11(12)32)30-5-26-9-16(30)27-20(22)28-17(9)33/h3-7,10-13,18-19,31-32H,1-2H2,(H,34,44)(H,35,45)(H2,21,23,24)(H3,22,27,28,33)/t6-,7-,10-,11-,12-,13-,18-,19-,42?,43?/m1/s1. The Morgan fingerprint density at radius 1 is 0.933 bits per heavy atom. The number of nitrogen functional groups attached to an aromatic ring is 2. The molecule has 242 valence electrons. The molecule has 0 aliphatic carbocycles. The van der Waals surface area contributed by atoms with Crippen LogP contribution in [0.25, 0.3) is 22.3 Å². The lowest BCUT2D eigenvalue weighted by Gasteiger charge is -2.27. The quantitative estimate of drug-likeness (QED) is 0.0942. The van der Waals surface area contributed by atoms with Gasteiger partial charge in [0.2, 0.25) is 5.95 Å². The van der Waals surface area contributed by atoms with Crippen LogP contribution in [0.5, 0.6) is 0 Å². The van der Waals surface area contributed by atoms with Gasteiger partial charge in [0, 0.05) is 0 Å². The van der Waals surface area contributed by atoms with Crippen molar-refractivity contribution in [1.29, 1.82) is 0 Å². The normalized spacial score (nSPS) is 37.7. The molecule has 0 saturated carbocycles. The zero-order valence-electron chi connectivity index (χ0n) is 22.4. The van der Waals surface area contributed by atoms with Gasteiger partial charge in [0.1, 0.15) is 48.5 Å². The molecule has 4 aromatic heterocycles. The Labute approximate surface area is 260 Å². The van der Waals surface area contributed by atoms with Gasteiger partial charge in [0.25, 0.3) is 5.56 Å². The summed E-state index contributed by atoms with van der Waals surface area (Å²) in [5.74, 6) is -0.130. The van der Waals surface area contributed by atoms with Gasteiger partial charge in [-0.05, 0) is 11.8 Å². The summed E-state index contributed by atoms with van der Waals surface area (Å²) in [6, 6.07) is 0. The van der Waals surface area contributed by atoms with Crippen LogP contribution in [0.4, 0.5) is 11.8 Å². The maximum absolute atomic E-state index is 13.4. The number of nitrogens with zero attached hydrogens (tertiary/aromatic N) is 7. The number of hydrogen-bond acceptors (Lipinski definition) is 18. The number of hydrogen-bond donors (Lipinski definition) is 7. The lowest BCUT2D eigenvalue weighted by molar-refractivity contribution is -0.0594. The van der Waals surface area contributed by atoms with Gasteiger partial charge in [-0.1, -0.05) is 12.2 Å². The van der Waals surface area contributed by atoms with Crippen LogP contribution >= 0.6 is 25.8 Å². The number of aliphatic hydroxyl groups is 2. The summed E-state index contributed by atoms with van der Waals surface area (Å²) in [7, 11) is 0. The van der Waals surface area contributed by atoms with E-state index in [4.69, 9.17) is 50.8 Å². The minimum atomic E-state index is -4.33. The predicted molar refractivity (Wildman–Crippen MR) is 157 cm³/mol. The van der Waals surface area contributed by atoms with Crippen molar-refractivity contribution in [2.75, 3.05) is 24.7 Å². The van der Waals surface area contributed by atoms with Crippen molar-refractivity contribution in [3.63, 3.8) is 0 Å². The molecular formula is C20H24N10O11P2S2. The molecule has 3 fully saturated rings. The average Bonchev–Trinajstić information content (AvgIpc) is 3.72. The van der Waals surface area contributed by atoms with Gasteiger partial charge in [-0.3, -0.25) is 32.5 Å². The second kappa shape index (κ2) is 11.3. The predicted octanol–water partition coefficient (Wildman–Crippen LogP) is -1.29. The summed E-state index contributed by atoms with van der Waals surface area (Å²) < 4.78 is 50.4. The Kier molecular flexibility index (Phi) is 7.76. The minimum Gasteiger partial charge on any atom is -0.387 e. The van der Waals surface area contributed by atoms with Crippen molar-refractivity contribution in [2.24, 2.45) is 0 Å². The van der Waals surface area contributed by atoms with Gasteiger partial charge in [-0.15, -0.1) is 0 Å². The molecular weight excluding hydrogens is 682 g/mol. The second-order valence-electron chi connectivity index (χ2n) is 10.1. The first-order valence-electron chi connectivity index (χ1n) is 13.0. The van der Waals surface area contributed by atoms with Crippen LogP contribution in [0.3, 0.4) is 0 Å². The van der Waals surface area contributed by atoms with E-state index < -0.39 is 81.4 Å². The summed E-state index contributed by atoms with van der Waals surface area (Å²) in [4.78, 5) is 46.0. The topological polar surface area (TPSA) is 292 Å². The van der Waals surface area contributed by atoms with Crippen molar-refractivity contribution in [3.8, 4) is 0 Å². The number of rotatable bonds is 2. The number of aliphatic hydroxyl groups excluding tert-OH is 2. The van der Waals surface area contributed by atoms with Crippen LogP contribution in [0, 0.1) is 0 Å². The Balaban J connectivity index is 1.21. The molecule has 2 unspecified atom stereocenters. The third-order valence-electron chi connectivity index (χ3n) is 7.32. The number of ether oxygens (including phenoxy) is 2. The summed E-state index contributed by atoms with van der Waals surface area (Å²) in [5, 5.41) is 22.4. The number of anilines is 2. The third kappa shape index (κ3) is 5.56. The fraction of sp³-hybridized carbons (Fsp3) is 0.500. The van der Waals surface area contributed by atoms with Gasteiger partial charge in [-0.25, -0.2) is 24.5 Å². The van der Waals surface area contributed by atoms with E-state index in [1.807, 2.05) is 0 Å². The van der Waals surface area contributed by atoms with E-state index in [1.54, 1.807) is 0 Å². The summed E-state index contributed by atoms with van der Waals surface area (Å²) in [6.07, 6.45) is -7.26. The maximum Gasteiger partial charge on any atom is 0.386 e. The number of imidazole rings is 2. The molecule has 10 atom stereocenters. The number of aromatic nitrogens is 8. The molecule has 0 spiro atoms. The highest BCUT2D eigenvalue weighted by Gasteiger charge is 2.53. The van der Waals surface area contributed by atoms with Crippen LogP contribution in [0.1, 0.15) is 12.5 Å². The highest BCUT2D eigenvalue weighted by Crippen LogP contribution is 2.58. The first-order chi connectivity index (χ1) is 21.3. The number of H-pyrrole nitrogens is 1. The van der Waals surface area contributed by atoms with Crippen LogP contribution in [-0.4, -0.2) is 104 Å². The number of nitrogens with two attached hydrogens (primary N) is 2. The SMILES string of the molecule is Nc1nc2c(ncn2[C@@H]2O[C@@H]3COP(O)(=S)O[C@@H]4[C@H](O)[C@@H](COP(=O)(S)O[C@H]3[C@H]2O)O[C@H]4n2cnc3c(N)ncnc32)c(=O)[nH]1. The summed E-state index contributed by atoms with van der Waals surface area (Å²) >= 11 is 9.31. The molecule has 45 heavy (non-hydrogen) atoms. The van der Waals surface area contributed by atoms with E-state index in [-0.39, 0.29) is 34.1 Å². The molecule has 7 heterocycles. The Hall–Kier alpha value is -2.63. The molecule has 0 amide bonds. The lowest BCUT2D eigenvalue weighted by Crippen LogP contribution is -2.36. The number of thiol groups is 1. The molecule has 3 aliphatic heterocycles. The van der Waals surface area contributed by atoms with E-state index in [1.165, 1.54) is 28.1 Å². The van der Waals surface area contributed by atoms with Gasteiger partial charge in [0.05, 0.1) is 25.9 Å². The average molecular weight is 707 g/mol.